The molecule has 0 spiro atoms. The number of hydrogen-bond donors (Lipinski definition) is 0. The van der Waals surface area contributed by atoms with Crippen molar-refractivity contribution < 1.29 is 9.53 Å². The molecule has 10 heavy (non-hydrogen) atoms. The molecule has 0 aromatic carbocycles. The SMILES string of the molecule is CC(C)OC(C)CN=C=O. The van der Waals surface area contributed by atoms with Crippen LogP contribution >= 0.6 is 0 Å². The van der Waals surface area contributed by atoms with Crippen molar-refractivity contribution in [2.24, 2.45) is 4.99 Å². The van der Waals surface area contributed by atoms with Gasteiger partial charge in [-0.2, -0.15) is 0 Å². The molecule has 0 N–H and O–H groups in total. The summed E-state index contributed by atoms with van der Waals surface area (Å²) >= 11 is 0. The fourth-order valence-electron chi connectivity index (χ4n) is 0.673. The smallest absolute Gasteiger partial charge is 0.235 e. The maximum Gasteiger partial charge on any atom is 0.235 e. The van der Waals surface area contributed by atoms with Gasteiger partial charge in [-0.1, -0.05) is 0 Å². The van der Waals surface area contributed by atoms with E-state index in [1.54, 1.807) is 0 Å². The Morgan fingerprint density at radius 1 is 1.50 bits per heavy atom. The number of nitrogens with zero attached hydrogens (tertiary/aromatic N) is 1. The van der Waals surface area contributed by atoms with Gasteiger partial charge in [0.2, 0.25) is 6.08 Å². The average molecular weight is 143 g/mol. The van der Waals surface area contributed by atoms with Crippen LogP contribution in [0.15, 0.2) is 4.99 Å². The van der Waals surface area contributed by atoms with Gasteiger partial charge in [-0.15, -0.1) is 0 Å². The molecule has 1 unspecified atom stereocenters. The third-order valence-electron chi connectivity index (χ3n) is 0.917. The second-order valence-electron chi connectivity index (χ2n) is 2.43. The van der Waals surface area contributed by atoms with E-state index in [9.17, 15) is 4.79 Å². The molecule has 0 fully saturated rings. The van der Waals surface area contributed by atoms with E-state index >= 15 is 0 Å². The summed E-state index contributed by atoms with van der Waals surface area (Å²) in [5.74, 6) is 0. The Hall–Kier alpha value is -0.660. The number of hydrogen-bond acceptors (Lipinski definition) is 3. The molecule has 0 amide bonds. The van der Waals surface area contributed by atoms with E-state index in [1.165, 1.54) is 6.08 Å². The second-order valence-corrected chi connectivity index (χ2v) is 2.43. The number of ether oxygens (including phenoxy) is 1. The van der Waals surface area contributed by atoms with E-state index in [4.69, 9.17) is 4.74 Å². The molecule has 3 nitrogen and oxygen atoms in total. The van der Waals surface area contributed by atoms with Crippen molar-refractivity contribution in [3.8, 4) is 0 Å². The van der Waals surface area contributed by atoms with Gasteiger partial charge in [-0.25, -0.2) is 9.79 Å². The molecule has 0 aliphatic heterocycles. The minimum Gasteiger partial charge on any atom is -0.374 e. The van der Waals surface area contributed by atoms with E-state index in [2.05, 4.69) is 4.99 Å². The molecule has 0 saturated carbocycles. The van der Waals surface area contributed by atoms with Gasteiger partial charge in [-0.3, -0.25) is 0 Å². The first kappa shape index (κ1) is 9.34. The normalized spacial score (nSPS) is 12.8. The fourth-order valence-corrected chi connectivity index (χ4v) is 0.673. The van der Waals surface area contributed by atoms with Gasteiger partial charge in [0.1, 0.15) is 0 Å². The Morgan fingerprint density at radius 3 is 2.50 bits per heavy atom. The van der Waals surface area contributed by atoms with Crippen LogP contribution in [0.2, 0.25) is 0 Å². The lowest BCUT2D eigenvalue weighted by molar-refractivity contribution is 0.0246. The van der Waals surface area contributed by atoms with Gasteiger partial charge in [0.05, 0.1) is 18.8 Å². The Morgan fingerprint density at radius 2 is 2.10 bits per heavy atom. The van der Waals surface area contributed by atoms with E-state index in [-0.39, 0.29) is 12.2 Å². The fraction of sp³-hybridized carbons (Fsp3) is 0.857. The van der Waals surface area contributed by atoms with Crippen LogP contribution in [0.1, 0.15) is 20.8 Å². The van der Waals surface area contributed by atoms with Crippen LogP contribution in [0.5, 0.6) is 0 Å². The zero-order chi connectivity index (χ0) is 7.98. The highest BCUT2D eigenvalue weighted by molar-refractivity contribution is 5.32. The monoisotopic (exact) mass is 143 g/mol. The average Bonchev–Trinajstić information content (AvgIpc) is 1.82. The summed E-state index contributed by atoms with van der Waals surface area (Å²) in [7, 11) is 0. The summed E-state index contributed by atoms with van der Waals surface area (Å²) in [6.45, 7) is 6.17. The Labute approximate surface area is 61.1 Å². The van der Waals surface area contributed by atoms with Crippen molar-refractivity contribution >= 4 is 6.08 Å². The zero-order valence-corrected chi connectivity index (χ0v) is 6.63. The summed E-state index contributed by atoms with van der Waals surface area (Å²) in [5.41, 5.74) is 0. The van der Waals surface area contributed by atoms with Gasteiger partial charge in [0, 0.05) is 0 Å². The summed E-state index contributed by atoms with van der Waals surface area (Å²) in [6.07, 6.45) is 1.67. The summed E-state index contributed by atoms with van der Waals surface area (Å²) in [5, 5.41) is 0. The molecule has 0 aliphatic carbocycles. The van der Waals surface area contributed by atoms with Gasteiger partial charge < -0.3 is 4.74 Å². The molecule has 0 heterocycles. The third-order valence-corrected chi connectivity index (χ3v) is 0.917. The quantitative estimate of drug-likeness (QED) is 0.437. The number of carbonyl (C=O) groups excluding carboxylic acids is 1. The Balaban J connectivity index is 3.42. The van der Waals surface area contributed by atoms with Gasteiger partial charge in [-0.05, 0) is 20.8 Å². The predicted octanol–water partition coefficient (Wildman–Crippen LogP) is 1.14. The van der Waals surface area contributed by atoms with Crippen molar-refractivity contribution in [3.63, 3.8) is 0 Å². The molecule has 3 heteroatoms. The van der Waals surface area contributed by atoms with Crippen LogP contribution in [0.3, 0.4) is 0 Å². The van der Waals surface area contributed by atoms with Crippen LogP contribution < -0.4 is 0 Å². The van der Waals surface area contributed by atoms with E-state index in [1.807, 2.05) is 20.8 Å². The molecule has 0 radical (unpaired) electrons. The molecular formula is C7H13NO2. The Bertz CT molecular complexity index is 128. The predicted molar refractivity (Wildman–Crippen MR) is 38.7 cm³/mol. The minimum absolute atomic E-state index is 0.0152. The summed E-state index contributed by atoms with van der Waals surface area (Å²) in [4.78, 5) is 13.0. The topological polar surface area (TPSA) is 38.7 Å². The van der Waals surface area contributed by atoms with E-state index in [0.717, 1.165) is 0 Å². The van der Waals surface area contributed by atoms with E-state index < -0.39 is 0 Å². The number of aliphatic imine (C=N–C) groups is 1. The molecule has 0 aromatic heterocycles. The first-order valence-electron chi connectivity index (χ1n) is 3.36. The van der Waals surface area contributed by atoms with Crippen LogP contribution in [-0.2, 0) is 9.53 Å². The van der Waals surface area contributed by atoms with Crippen LogP contribution in [-0.4, -0.2) is 24.8 Å². The molecule has 0 aliphatic rings. The van der Waals surface area contributed by atoms with Crippen molar-refractivity contribution in [1.29, 1.82) is 0 Å². The minimum atomic E-state index is 0.0152. The van der Waals surface area contributed by atoms with Crippen molar-refractivity contribution in [3.05, 3.63) is 0 Å². The molecule has 0 bridgehead atoms. The zero-order valence-electron chi connectivity index (χ0n) is 6.63. The largest absolute Gasteiger partial charge is 0.374 e. The first-order chi connectivity index (χ1) is 4.66. The maximum absolute atomic E-state index is 9.65. The summed E-state index contributed by atoms with van der Waals surface area (Å²) < 4.78 is 5.28. The maximum atomic E-state index is 9.65. The van der Waals surface area contributed by atoms with Crippen LogP contribution in [0.4, 0.5) is 0 Å². The lowest BCUT2D eigenvalue weighted by Gasteiger charge is -2.12. The number of isocyanates is 1. The highest BCUT2D eigenvalue weighted by atomic mass is 16.5. The number of rotatable bonds is 4. The lowest BCUT2D eigenvalue weighted by atomic mass is 10.4. The Kier molecular flexibility index (Phi) is 4.81. The molecular weight excluding hydrogens is 130 g/mol. The van der Waals surface area contributed by atoms with Crippen molar-refractivity contribution in [2.75, 3.05) is 6.54 Å². The van der Waals surface area contributed by atoms with Crippen molar-refractivity contribution in [1.82, 2.24) is 0 Å². The molecule has 58 valence electrons. The van der Waals surface area contributed by atoms with Gasteiger partial charge >= 0.3 is 0 Å². The van der Waals surface area contributed by atoms with Gasteiger partial charge in [0.15, 0.2) is 0 Å². The molecule has 0 saturated heterocycles. The highest BCUT2D eigenvalue weighted by Crippen LogP contribution is 1.96. The van der Waals surface area contributed by atoms with Crippen LogP contribution in [0.25, 0.3) is 0 Å². The van der Waals surface area contributed by atoms with Gasteiger partial charge in [0.25, 0.3) is 0 Å². The van der Waals surface area contributed by atoms with Crippen LogP contribution in [0, 0.1) is 0 Å². The molecule has 0 aromatic rings. The highest BCUT2D eigenvalue weighted by Gasteiger charge is 2.01. The molecule has 1 atom stereocenters. The second kappa shape index (κ2) is 5.15. The van der Waals surface area contributed by atoms with Crippen molar-refractivity contribution in [2.45, 2.75) is 33.0 Å². The first-order valence-corrected chi connectivity index (χ1v) is 3.36. The van der Waals surface area contributed by atoms with E-state index in [0.29, 0.717) is 6.54 Å². The summed E-state index contributed by atoms with van der Waals surface area (Å²) in [6, 6.07) is 0. The third kappa shape index (κ3) is 5.48. The lowest BCUT2D eigenvalue weighted by Crippen LogP contribution is -2.16. The standard InChI is InChI=1S/C7H13NO2/c1-6(2)10-7(3)4-8-5-9/h6-7H,4H2,1-3H3. The molecule has 0 rings (SSSR count).